The summed E-state index contributed by atoms with van der Waals surface area (Å²) in [7, 11) is 1.72. The second kappa shape index (κ2) is 8.67. The van der Waals surface area contributed by atoms with Crippen LogP contribution in [0.25, 0.3) is 21.8 Å². The number of hydrogen-bond donors (Lipinski definition) is 3. The molecule has 1 fully saturated rings. The fraction of sp³-hybridized carbons (Fsp3) is 0.385. The first kappa shape index (κ1) is 20.0. The summed E-state index contributed by atoms with van der Waals surface area (Å²) in [5.74, 6) is 1.84. The van der Waals surface area contributed by atoms with Crippen LogP contribution in [0.2, 0.25) is 0 Å². The molecule has 0 unspecified atom stereocenters. The van der Waals surface area contributed by atoms with Crippen LogP contribution in [-0.4, -0.2) is 46.7 Å². The van der Waals surface area contributed by atoms with Crippen molar-refractivity contribution >= 4 is 21.8 Å². The van der Waals surface area contributed by atoms with Gasteiger partial charge in [-0.1, -0.05) is 0 Å². The molecule has 3 heterocycles. The number of ether oxygens (including phenoxy) is 1. The summed E-state index contributed by atoms with van der Waals surface area (Å²) in [5, 5.41) is 12.1. The molecule has 1 aliphatic heterocycles. The average molecular weight is 418 g/mol. The number of phenolic OH excluding ortho intramolecular Hbond substituents is 1. The number of likely N-dealkylation sites (tertiary alicyclic amines) is 1. The van der Waals surface area contributed by atoms with E-state index in [1.54, 1.807) is 13.2 Å². The molecule has 3 N–H and O–H groups in total. The number of methoxy groups -OCH3 is 1. The van der Waals surface area contributed by atoms with E-state index >= 15 is 0 Å². The van der Waals surface area contributed by atoms with Gasteiger partial charge in [-0.15, -0.1) is 0 Å². The Balaban J connectivity index is 1.10. The molecule has 1 aliphatic rings. The number of hydrogen-bond acceptors (Lipinski definition) is 3. The highest BCUT2D eigenvalue weighted by Gasteiger charge is 2.21. The van der Waals surface area contributed by atoms with Gasteiger partial charge in [0, 0.05) is 39.6 Å². The monoisotopic (exact) mass is 417 g/mol. The molecular formula is C26H31N3O2. The number of nitrogens with one attached hydrogen (secondary N) is 2. The van der Waals surface area contributed by atoms with Gasteiger partial charge in [-0.25, -0.2) is 0 Å². The molecule has 0 saturated carbocycles. The van der Waals surface area contributed by atoms with Crippen LogP contribution in [0.3, 0.4) is 0 Å². The Kier molecular flexibility index (Phi) is 5.60. The molecule has 0 spiro atoms. The van der Waals surface area contributed by atoms with E-state index in [1.165, 1.54) is 54.4 Å². The van der Waals surface area contributed by atoms with Gasteiger partial charge in [0.1, 0.15) is 11.5 Å². The highest BCUT2D eigenvalue weighted by Crippen LogP contribution is 2.31. The lowest BCUT2D eigenvalue weighted by Gasteiger charge is -2.31. The number of H-pyrrole nitrogens is 2. The number of rotatable bonds is 7. The van der Waals surface area contributed by atoms with Crippen molar-refractivity contribution in [3.63, 3.8) is 0 Å². The molecule has 162 valence electrons. The third-order valence-electron chi connectivity index (χ3n) is 6.80. The van der Waals surface area contributed by atoms with E-state index in [-0.39, 0.29) is 0 Å². The maximum Gasteiger partial charge on any atom is 0.119 e. The van der Waals surface area contributed by atoms with Crippen LogP contribution in [-0.2, 0) is 6.42 Å². The fourth-order valence-electron chi connectivity index (χ4n) is 4.97. The molecule has 5 heteroatoms. The van der Waals surface area contributed by atoms with Crippen molar-refractivity contribution in [3.8, 4) is 11.5 Å². The summed E-state index contributed by atoms with van der Waals surface area (Å²) in [6.07, 6.45) is 8.08. The Morgan fingerprint density at radius 2 is 1.87 bits per heavy atom. The van der Waals surface area contributed by atoms with E-state index in [4.69, 9.17) is 4.74 Å². The summed E-state index contributed by atoms with van der Waals surface area (Å²) < 4.78 is 5.38. The summed E-state index contributed by atoms with van der Waals surface area (Å²) in [4.78, 5) is 9.55. The minimum Gasteiger partial charge on any atom is -0.508 e. The lowest BCUT2D eigenvalue weighted by atomic mass is 9.93. The first-order chi connectivity index (χ1) is 15.2. The van der Waals surface area contributed by atoms with Crippen molar-refractivity contribution < 1.29 is 9.84 Å². The first-order valence-corrected chi connectivity index (χ1v) is 11.4. The molecule has 4 aromatic rings. The summed E-state index contributed by atoms with van der Waals surface area (Å²) in [6.45, 7) is 3.50. The number of piperidine rings is 1. The molecule has 2 aromatic heterocycles. The Morgan fingerprint density at radius 1 is 1.03 bits per heavy atom. The Bertz CT molecular complexity index is 1170. The number of aryl methyl sites for hydroxylation is 1. The number of unbranched alkanes of at least 4 members (excludes halogenated alkanes) is 1. The number of fused-ring (bicyclic) bond motifs is 2. The standard InChI is InChI=1S/C26H31N3O2/c1-31-22-6-8-25-23(16-22)19(17-27-25)4-2-3-11-29-12-9-18(10-13-29)26-15-20-14-21(30)5-7-24(20)28-26/h5-8,14-18,27-28,30H,2-4,9-13H2,1H3. The van der Waals surface area contributed by atoms with Gasteiger partial charge in [0.05, 0.1) is 7.11 Å². The highest BCUT2D eigenvalue weighted by molar-refractivity contribution is 5.84. The molecule has 1 saturated heterocycles. The molecular weight excluding hydrogens is 386 g/mol. The van der Waals surface area contributed by atoms with Crippen molar-refractivity contribution in [3.05, 3.63) is 59.9 Å². The van der Waals surface area contributed by atoms with Crippen LogP contribution in [0, 0.1) is 0 Å². The topological polar surface area (TPSA) is 64.3 Å². The van der Waals surface area contributed by atoms with Crippen molar-refractivity contribution in [2.24, 2.45) is 0 Å². The minimum atomic E-state index is 0.333. The average Bonchev–Trinajstić information content (AvgIpc) is 3.40. The highest BCUT2D eigenvalue weighted by atomic mass is 16.5. The van der Waals surface area contributed by atoms with Gasteiger partial charge < -0.3 is 24.7 Å². The van der Waals surface area contributed by atoms with Crippen molar-refractivity contribution in [1.29, 1.82) is 0 Å². The van der Waals surface area contributed by atoms with Crippen LogP contribution >= 0.6 is 0 Å². The second-order valence-corrected chi connectivity index (χ2v) is 8.79. The van der Waals surface area contributed by atoms with E-state index in [1.807, 2.05) is 18.2 Å². The molecule has 31 heavy (non-hydrogen) atoms. The van der Waals surface area contributed by atoms with Gasteiger partial charge in [0.2, 0.25) is 0 Å². The Morgan fingerprint density at radius 3 is 2.71 bits per heavy atom. The van der Waals surface area contributed by atoms with E-state index in [2.05, 4.69) is 39.3 Å². The zero-order valence-corrected chi connectivity index (χ0v) is 18.2. The normalized spacial score (nSPS) is 15.8. The third-order valence-corrected chi connectivity index (χ3v) is 6.80. The Hall–Kier alpha value is -2.92. The molecule has 0 atom stereocenters. The number of phenols is 1. The number of aromatic amines is 2. The van der Waals surface area contributed by atoms with Crippen LogP contribution in [0.15, 0.2) is 48.7 Å². The predicted octanol–water partition coefficient (Wildman–Crippen LogP) is 5.57. The van der Waals surface area contributed by atoms with E-state index in [0.29, 0.717) is 11.7 Å². The van der Waals surface area contributed by atoms with Crippen LogP contribution in [0.5, 0.6) is 11.5 Å². The molecule has 0 bridgehead atoms. The van der Waals surface area contributed by atoms with Gasteiger partial charge in [-0.2, -0.15) is 0 Å². The molecule has 0 radical (unpaired) electrons. The summed E-state index contributed by atoms with van der Waals surface area (Å²) in [6, 6.07) is 14.0. The molecule has 5 rings (SSSR count). The zero-order valence-electron chi connectivity index (χ0n) is 18.2. The third kappa shape index (κ3) is 4.28. The van der Waals surface area contributed by atoms with Gasteiger partial charge >= 0.3 is 0 Å². The molecule has 0 aliphatic carbocycles. The van der Waals surface area contributed by atoms with Gasteiger partial charge in [-0.3, -0.25) is 0 Å². The zero-order chi connectivity index (χ0) is 21.2. The van der Waals surface area contributed by atoms with Gasteiger partial charge in [0.25, 0.3) is 0 Å². The first-order valence-electron chi connectivity index (χ1n) is 11.4. The fourth-order valence-corrected chi connectivity index (χ4v) is 4.97. The number of benzene rings is 2. The van der Waals surface area contributed by atoms with Gasteiger partial charge in [-0.05, 0) is 99.8 Å². The van der Waals surface area contributed by atoms with Crippen LogP contribution < -0.4 is 4.74 Å². The SMILES string of the molecule is COc1ccc2[nH]cc(CCCCN3CCC(c4cc5cc(O)ccc5[nH]4)CC3)c2c1. The number of aromatic nitrogens is 2. The van der Waals surface area contributed by atoms with Crippen molar-refractivity contribution in [2.45, 2.75) is 38.0 Å². The minimum absolute atomic E-state index is 0.333. The van der Waals surface area contributed by atoms with Crippen LogP contribution in [0.4, 0.5) is 0 Å². The lowest BCUT2D eigenvalue weighted by molar-refractivity contribution is 0.208. The van der Waals surface area contributed by atoms with E-state index in [9.17, 15) is 5.11 Å². The lowest BCUT2D eigenvalue weighted by Crippen LogP contribution is -2.33. The maximum atomic E-state index is 9.70. The van der Waals surface area contributed by atoms with Gasteiger partial charge in [0.15, 0.2) is 0 Å². The summed E-state index contributed by atoms with van der Waals surface area (Å²) >= 11 is 0. The molecule has 0 amide bonds. The largest absolute Gasteiger partial charge is 0.508 e. The predicted molar refractivity (Wildman–Crippen MR) is 126 cm³/mol. The summed E-state index contributed by atoms with van der Waals surface area (Å²) in [5.41, 5.74) is 5.00. The van der Waals surface area contributed by atoms with Crippen molar-refractivity contribution in [2.75, 3.05) is 26.7 Å². The van der Waals surface area contributed by atoms with E-state index in [0.717, 1.165) is 36.2 Å². The second-order valence-electron chi connectivity index (χ2n) is 8.79. The maximum absolute atomic E-state index is 9.70. The quantitative estimate of drug-likeness (QED) is 0.345. The molecule has 2 aromatic carbocycles. The molecule has 5 nitrogen and oxygen atoms in total. The smallest absolute Gasteiger partial charge is 0.119 e. The van der Waals surface area contributed by atoms with Crippen LogP contribution in [0.1, 0.15) is 42.9 Å². The number of aromatic hydroxyl groups is 1. The number of nitrogens with zero attached hydrogens (tertiary/aromatic N) is 1. The Labute approximate surface area is 183 Å². The van der Waals surface area contributed by atoms with Crippen molar-refractivity contribution in [1.82, 2.24) is 14.9 Å². The van der Waals surface area contributed by atoms with E-state index < -0.39 is 0 Å².